The number of carbonyl (C=O) groups excluding carboxylic acids is 1. The molecule has 2 aromatic carbocycles. The first-order chi connectivity index (χ1) is 9.47. The van der Waals surface area contributed by atoms with Gasteiger partial charge in [0.15, 0.2) is 0 Å². The van der Waals surface area contributed by atoms with Crippen molar-refractivity contribution in [3.8, 4) is 0 Å². The van der Waals surface area contributed by atoms with Gasteiger partial charge in [-0.2, -0.15) is 0 Å². The molecule has 0 aliphatic rings. The maximum absolute atomic E-state index is 12.9. The molecule has 20 heavy (non-hydrogen) atoms. The van der Waals surface area contributed by atoms with Crippen molar-refractivity contribution >= 4 is 21.8 Å². The summed E-state index contributed by atoms with van der Waals surface area (Å²) in [5, 5.41) is 2.90. The fraction of sp³-hybridized carbons (Fsp3) is 0.188. The highest BCUT2D eigenvalue weighted by Gasteiger charge is 2.12. The van der Waals surface area contributed by atoms with Crippen LogP contribution >= 0.6 is 15.9 Å². The van der Waals surface area contributed by atoms with E-state index in [1.54, 1.807) is 18.2 Å². The highest BCUT2D eigenvalue weighted by Crippen LogP contribution is 2.18. The van der Waals surface area contributed by atoms with Crippen LogP contribution in [0, 0.1) is 12.7 Å². The molecular weight excluding hydrogens is 321 g/mol. The number of hydrogen-bond acceptors (Lipinski definition) is 1. The molecule has 1 amide bonds. The van der Waals surface area contributed by atoms with Crippen LogP contribution < -0.4 is 5.32 Å². The van der Waals surface area contributed by atoms with E-state index in [0.29, 0.717) is 5.56 Å². The molecule has 1 atom stereocenters. The van der Waals surface area contributed by atoms with Gasteiger partial charge in [0, 0.05) is 10.0 Å². The van der Waals surface area contributed by atoms with Crippen LogP contribution in [0.15, 0.2) is 46.9 Å². The van der Waals surface area contributed by atoms with Gasteiger partial charge < -0.3 is 5.32 Å². The zero-order chi connectivity index (χ0) is 14.7. The van der Waals surface area contributed by atoms with Gasteiger partial charge in [-0.25, -0.2) is 4.39 Å². The molecule has 0 aromatic heterocycles. The van der Waals surface area contributed by atoms with Crippen LogP contribution in [0.4, 0.5) is 4.39 Å². The molecular formula is C16H15BrFNO. The fourth-order valence-electron chi connectivity index (χ4n) is 1.90. The maximum Gasteiger partial charge on any atom is 0.251 e. The third-order valence-corrected chi connectivity index (χ3v) is 4.03. The van der Waals surface area contributed by atoms with Gasteiger partial charge in [0.1, 0.15) is 5.82 Å². The quantitative estimate of drug-likeness (QED) is 0.885. The minimum atomic E-state index is -0.282. The Morgan fingerprint density at radius 2 is 1.85 bits per heavy atom. The Hall–Kier alpha value is -1.68. The molecule has 104 valence electrons. The summed E-state index contributed by atoms with van der Waals surface area (Å²) in [4.78, 5) is 12.2. The average molecular weight is 336 g/mol. The number of hydrogen-bond donors (Lipinski definition) is 1. The summed E-state index contributed by atoms with van der Waals surface area (Å²) in [5.74, 6) is -0.423. The van der Waals surface area contributed by atoms with Crippen LogP contribution in [0.5, 0.6) is 0 Å². The minimum absolute atomic E-state index is 0.141. The van der Waals surface area contributed by atoms with Gasteiger partial charge >= 0.3 is 0 Å². The summed E-state index contributed by atoms with van der Waals surface area (Å²) in [5.41, 5.74) is 2.49. The summed E-state index contributed by atoms with van der Waals surface area (Å²) in [7, 11) is 0. The lowest BCUT2D eigenvalue weighted by Crippen LogP contribution is -2.26. The van der Waals surface area contributed by atoms with Crippen LogP contribution in [-0.4, -0.2) is 5.91 Å². The molecule has 2 nitrogen and oxygen atoms in total. The zero-order valence-electron chi connectivity index (χ0n) is 11.3. The van der Waals surface area contributed by atoms with Crippen molar-refractivity contribution in [1.29, 1.82) is 0 Å². The number of rotatable bonds is 3. The Labute approximate surface area is 126 Å². The van der Waals surface area contributed by atoms with E-state index in [1.807, 2.05) is 26.0 Å². The third-order valence-electron chi connectivity index (χ3n) is 3.14. The number of carbonyl (C=O) groups is 1. The van der Waals surface area contributed by atoms with E-state index < -0.39 is 0 Å². The zero-order valence-corrected chi connectivity index (χ0v) is 12.9. The maximum atomic E-state index is 12.9. The molecule has 1 N–H and O–H groups in total. The standard InChI is InChI=1S/C16H15BrFNO/c1-10-9-13(5-8-15(10)17)16(20)19-11(2)12-3-6-14(18)7-4-12/h3-9,11H,1-2H3,(H,19,20). The highest BCUT2D eigenvalue weighted by molar-refractivity contribution is 9.10. The van der Waals surface area contributed by atoms with Crippen molar-refractivity contribution in [2.24, 2.45) is 0 Å². The summed E-state index contributed by atoms with van der Waals surface area (Å²) < 4.78 is 13.8. The van der Waals surface area contributed by atoms with Gasteiger partial charge in [-0.1, -0.05) is 28.1 Å². The van der Waals surface area contributed by atoms with Gasteiger partial charge in [0.25, 0.3) is 5.91 Å². The van der Waals surface area contributed by atoms with Crippen molar-refractivity contribution in [1.82, 2.24) is 5.32 Å². The van der Waals surface area contributed by atoms with Crippen LogP contribution in [0.2, 0.25) is 0 Å². The second kappa shape index (κ2) is 6.18. The van der Waals surface area contributed by atoms with Crippen molar-refractivity contribution < 1.29 is 9.18 Å². The van der Waals surface area contributed by atoms with E-state index >= 15 is 0 Å². The van der Waals surface area contributed by atoms with Crippen LogP contribution in [0.3, 0.4) is 0 Å². The predicted octanol–water partition coefficient (Wildman–Crippen LogP) is 4.39. The van der Waals surface area contributed by atoms with E-state index in [-0.39, 0.29) is 17.8 Å². The summed E-state index contributed by atoms with van der Waals surface area (Å²) in [6.45, 7) is 3.81. The first kappa shape index (κ1) is 14.7. The Kier molecular flexibility index (Phi) is 4.55. The molecule has 0 aliphatic carbocycles. The molecule has 0 heterocycles. The van der Waals surface area contributed by atoms with Crippen molar-refractivity contribution in [3.05, 3.63) is 69.4 Å². The van der Waals surface area contributed by atoms with Crippen molar-refractivity contribution in [2.45, 2.75) is 19.9 Å². The molecule has 0 fully saturated rings. The Morgan fingerprint density at radius 1 is 1.20 bits per heavy atom. The number of halogens is 2. The Balaban J connectivity index is 2.10. The van der Waals surface area contributed by atoms with E-state index in [9.17, 15) is 9.18 Å². The van der Waals surface area contributed by atoms with Crippen LogP contribution in [0.25, 0.3) is 0 Å². The van der Waals surface area contributed by atoms with Gasteiger partial charge in [-0.15, -0.1) is 0 Å². The lowest BCUT2D eigenvalue weighted by Gasteiger charge is -2.14. The smallest absolute Gasteiger partial charge is 0.251 e. The van der Waals surface area contributed by atoms with Crippen molar-refractivity contribution in [2.75, 3.05) is 0 Å². The predicted molar refractivity (Wildman–Crippen MR) is 81.2 cm³/mol. The number of aryl methyl sites for hydroxylation is 1. The molecule has 4 heteroatoms. The average Bonchev–Trinajstić information content (AvgIpc) is 2.42. The molecule has 0 bridgehead atoms. The van der Waals surface area contributed by atoms with Crippen LogP contribution in [0.1, 0.15) is 34.5 Å². The molecule has 0 saturated heterocycles. The van der Waals surface area contributed by atoms with E-state index in [1.165, 1.54) is 12.1 Å². The summed E-state index contributed by atoms with van der Waals surface area (Å²) in [6, 6.07) is 11.4. The SMILES string of the molecule is Cc1cc(C(=O)NC(C)c2ccc(F)cc2)ccc1Br. The fourth-order valence-corrected chi connectivity index (χ4v) is 2.15. The molecule has 2 aromatic rings. The normalized spacial score (nSPS) is 12.0. The van der Waals surface area contributed by atoms with E-state index in [4.69, 9.17) is 0 Å². The topological polar surface area (TPSA) is 29.1 Å². The number of amides is 1. The largest absolute Gasteiger partial charge is 0.346 e. The molecule has 0 saturated carbocycles. The molecule has 2 rings (SSSR count). The highest BCUT2D eigenvalue weighted by atomic mass is 79.9. The van der Waals surface area contributed by atoms with Gasteiger partial charge in [-0.3, -0.25) is 4.79 Å². The monoisotopic (exact) mass is 335 g/mol. The summed E-state index contributed by atoms with van der Waals surface area (Å²) >= 11 is 3.41. The molecule has 0 radical (unpaired) electrons. The Bertz CT molecular complexity index is 625. The number of nitrogens with one attached hydrogen (secondary N) is 1. The lowest BCUT2D eigenvalue weighted by atomic mass is 10.1. The lowest BCUT2D eigenvalue weighted by molar-refractivity contribution is 0.0940. The minimum Gasteiger partial charge on any atom is -0.346 e. The molecule has 0 spiro atoms. The second-order valence-corrected chi connectivity index (χ2v) is 5.57. The van der Waals surface area contributed by atoms with Crippen LogP contribution in [-0.2, 0) is 0 Å². The molecule has 0 aliphatic heterocycles. The van der Waals surface area contributed by atoms with E-state index in [2.05, 4.69) is 21.2 Å². The third kappa shape index (κ3) is 3.45. The van der Waals surface area contributed by atoms with E-state index in [0.717, 1.165) is 15.6 Å². The second-order valence-electron chi connectivity index (χ2n) is 4.71. The molecule has 1 unspecified atom stereocenters. The van der Waals surface area contributed by atoms with Crippen molar-refractivity contribution in [3.63, 3.8) is 0 Å². The Morgan fingerprint density at radius 3 is 2.45 bits per heavy atom. The summed E-state index contributed by atoms with van der Waals surface area (Å²) in [6.07, 6.45) is 0. The van der Waals surface area contributed by atoms with Gasteiger partial charge in [-0.05, 0) is 55.3 Å². The first-order valence-corrected chi connectivity index (χ1v) is 7.09. The van der Waals surface area contributed by atoms with Gasteiger partial charge in [0.05, 0.1) is 6.04 Å². The number of benzene rings is 2. The van der Waals surface area contributed by atoms with Gasteiger partial charge in [0.2, 0.25) is 0 Å². The first-order valence-electron chi connectivity index (χ1n) is 6.30.